The van der Waals surface area contributed by atoms with Gasteiger partial charge in [0.05, 0.1) is 11.8 Å². The van der Waals surface area contributed by atoms with E-state index in [9.17, 15) is 17.6 Å². The van der Waals surface area contributed by atoms with Gasteiger partial charge >= 0.3 is 0 Å². The third-order valence-electron chi connectivity index (χ3n) is 3.49. The molecule has 0 aliphatic heterocycles. The summed E-state index contributed by atoms with van der Waals surface area (Å²) < 4.78 is 38.3. The fourth-order valence-corrected chi connectivity index (χ4v) is 4.13. The lowest BCUT2D eigenvalue weighted by molar-refractivity contribution is -0.119. The summed E-state index contributed by atoms with van der Waals surface area (Å²) in [6.45, 7) is 1.77. The summed E-state index contributed by atoms with van der Waals surface area (Å²) in [5.41, 5.74) is 1.12. The van der Waals surface area contributed by atoms with E-state index in [2.05, 4.69) is 21.2 Å². The summed E-state index contributed by atoms with van der Waals surface area (Å²) in [5, 5.41) is 2.68. The Balaban J connectivity index is 1.99. The number of nitrogens with one attached hydrogen (secondary N) is 1. The summed E-state index contributed by atoms with van der Waals surface area (Å²) in [7, 11) is -3.73. The number of hydrogen-bond donors (Lipinski definition) is 1. The highest BCUT2D eigenvalue weighted by Gasteiger charge is 2.20. The average molecular weight is 449 g/mol. The molecule has 1 amide bonds. The van der Waals surface area contributed by atoms with Gasteiger partial charge in [-0.3, -0.25) is 4.79 Å². The summed E-state index contributed by atoms with van der Waals surface area (Å²) in [6.07, 6.45) is 0. The molecule has 1 atom stereocenters. The van der Waals surface area contributed by atoms with Crippen molar-refractivity contribution >= 4 is 43.3 Å². The molecule has 8 heteroatoms. The van der Waals surface area contributed by atoms with Crippen LogP contribution in [0.1, 0.15) is 24.1 Å². The summed E-state index contributed by atoms with van der Waals surface area (Å²) >= 11 is 9.17. The summed E-state index contributed by atoms with van der Waals surface area (Å²) in [6, 6.07) is 10.5. The molecule has 2 aromatic rings. The van der Waals surface area contributed by atoms with E-state index in [4.69, 9.17) is 11.6 Å². The normalized spacial score (nSPS) is 12.6. The monoisotopic (exact) mass is 447 g/mol. The number of amides is 1. The van der Waals surface area contributed by atoms with Crippen molar-refractivity contribution in [3.8, 4) is 0 Å². The second kappa shape index (κ2) is 8.29. The molecular formula is C17H16BrClFNO3S. The molecule has 0 heterocycles. The predicted octanol–water partition coefficient (Wildman–Crippen LogP) is 4.03. The molecule has 0 unspecified atom stereocenters. The molecular weight excluding hydrogens is 433 g/mol. The SMILES string of the molecule is C[C@H](NC(=O)CS(=O)(=O)Cc1ccc(F)cc1Cl)c1ccc(Br)cc1. The molecule has 1 N–H and O–H groups in total. The summed E-state index contributed by atoms with van der Waals surface area (Å²) in [4.78, 5) is 12.0. The zero-order valence-electron chi connectivity index (χ0n) is 13.3. The van der Waals surface area contributed by atoms with Gasteiger partial charge in [-0.2, -0.15) is 0 Å². The van der Waals surface area contributed by atoms with Gasteiger partial charge in [0.2, 0.25) is 5.91 Å². The fourth-order valence-electron chi connectivity index (χ4n) is 2.24. The first-order valence-corrected chi connectivity index (χ1v) is 10.3. The van der Waals surface area contributed by atoms with Crippen LogP contribution in [0.3, 0.4) is 0 Å². The highest BCUT2D eigenvalue weighted by atomic mass is 79.9. The molecule has 4 nitrogen and oxygen atoms in total. The van der Waals surface area contributed by atoms with Gasteiger partial charge in [0.25, 0.3) is 0 Å². The molecule has 0 fully saturated rings. The predicted molar refractivity (Wildman–Crippen MR) is 99.6 cm³/mol. The van der Waals surface area contributed by atoms with E-state index in [1.165, 1.54) is 6.07 Å². The zero-order valence-corrected chi connectivity index (χ0v) is 16.5. The molecule has 2 rings (SSSR count). The van der Waals surface area contributed by atoms with E-state index in [1.807, 2.05) is 24.3 Å². The van der Waals surface area contributed by atoms with Crippen LogP contribution >= 0.6 is 27.5 Å². The molecule has 0 aliphatic carbocycles. The third-order valence-corrected chi connectivity index (χ3v) is 5.82. The van der Waals surface area contributed by atoms with Crippen LogP contribution in [-0.2, 0) is 20.4 Å². The Morgan fingerprint density at radius 3 is 2.48 bits per heavy atom. The van der Waals surface area contributed by atoms with E-state index in [1.54, 1.807) is 6.92 Å². The maximum Gasteiger partial charge on any atom is 0.235 e. The van der Waals surface area contributed by atoms with Gasteiger partial charge < -0.3 is 5.32 Å². The van der Waals surface area contributed by atoms with Gasteiger partial charge in [0.1, 0.15) is 11.6 Å². The molecule has 0 bridgehead atoms. The Bertz CT molecular complexity index is 872. The second-order valence-corrected chi connectivity index (χ2v) is 9.00. The number of hydrogen-bond acceptors (Lipinski definition) is 3. The van der Waals surface area contributed by atoms with E-state index >= 15 is 0 Å². The Morgan fingerprint density at radius 2 is 1.88 bits per heavy atom. The lowest BCUT2D eigenvalue weighted by Gasteiger charge is -2.14. The maximum atomic E-state index is 13.0. The van der Waals surface area contributed by atoms with Crippen molar-refractivity contribution in [1.29, 1.82) is 0 Å². The second-order valence-electron chi connectivity index (χ2n) is 5.61. The number of benzene rings is 2. The largest absolute Gasteiger partial charge is 0.349 e. The van der Waals surface area contributed by atoms with Gasteiger partial charge in [0.15, 0.2) is 9.84 Å². The number of sulfone groups is 1. The van der Waals surface area contributed by atoms with Crippen LogP contribution in [0, 0.1) is 5.82 Å². The van der Waals surface area contributed by atoms with Crippen molar-refractivity contribution in [2.24, 2.45) is 0 Å². The van der Waals surface area contributed by atoms with Gasteiger partial charge in [0, 0.05) is 9.50 Å². The molecule has 0 aliphatic rings. The minimum absolute atomic E-state index is 0.0206. The molecule has 0 radical (unpaired) electrons. The molecule has 2 aromatic carbocycles. The van der Waals surface area contributed by atoms with Gasteiger partial charge in [-0.05, 0) is 42.3 Å². The lowest BCUT2D eigenvalue weighted by Crippen LogP contribution is -2.32. The van der Waals surface area contributed by atoms with Crippen LogP contribution in [0.2, 0.25) is 5.02 Å². The molecule has 0 saturated heterocycles. The van der Waals surface area contributed by atoms with Crippen LogP contribution in [0.5, 0.6) is 0 Å². The summed E-state index contributed by atoms with van der Waals surface area (Å²) in [5.74, 6) is -2.24. The lowest BCUT2D eigenvalue weighted by atomic mass is 10.1. The average Bonchev–Trinajstić information content (AvgIpc) is 2.50. The van der Waals surface area contributed by atoms with Crippen molar-refractivity contribution in [3.05, 3.63) is 68.9 Å². The van der Waals surface area contributed by atoms with Crippen molar-refractivity contribution in [2.75, 3.05) is 5.75 Å². The molecule has 134 valence electrons. The van der Waals surface area contributed by atoms with E-state index in [0.29, 0.717) is 0 Å². The Labute approximate surface area is 159 Å². The first-order valence-electron chi connectivity index (χ1n) is 7.35. The third kappa shape index (κ3) is 6.09. The van der Waals surface area contributed by atoms with Crippen LogP contribution in [0.15, 0.2) is 46.9 Å². The number of carbonyl (C=O) groups is 1. The fraction of sp³-hybridized carbons (Fsp3) is 0.235. The number of rotatable bonds is 6. The van der Waals surface area contributed by atoms with Gasteiger partial charge in [-0.25, -0.2) is 12.8 Å². The van der Waals surface area contributed by atoms with Crippen molar-refractivity contribution in [2.45, 2.75) is 18.7 Å². The van der Waals surface area contributed by atoms with Crippen LogP contribution in [0.4, 0.5) is 4.39 Å². The topological polar surface area (TPSA) is 63.2 Å². The minimum atomic E-state index is -3.73. The number of carbonyl (C=O) groups excluding carboxylic acids is 1. The van der Waals surface area contributed by atoms with E-state index in [0.717, 1.165) is 22.2 Å². The van der Waals surface area contributed by atoms with Crippen molar-refractivity contribution < 1.29 is 17.6 Å². The number of halogens is 3. The first-order chi connectivity index (χ1) is 11.7. The van der Waals surface area contributed by atoms with Crippen LogP contribution < -0.4 is 5.32 Å². The standard InChI is InChI=1S/C17H16BrClFNO3S/c1-11(12-2-5-14(18)6-3-12)21-17(22)10-25(23,24)9-13-4-7-15(20)8-16(13)19/h2-8,11H,9-10H2,1H3,(H,21,22)/t11-/m0/s1. The van der Waals surface area contributed by atoms with E-state index < -0.39 is 33.1 Å². The first kappa shape index (κ1) is 19.9. The molecule has 0 aromatic heterocycles. The van der Waals surface area contributed by atoms with Gasteiger partial charge in [-0.1, -0.05) is 45.7 Å². The van der Waals surface area contributed by atoms with Crippen molar-refractivity contribution in [1.82, 2.24) is 5.32 Å². The Kier molecular flexibility index (Phi) is 6.59. The molecule has 0 spiro atoms. The molecule has 0 saturated carbocycles. The van der Waals surface area contributed by atoms with Crippen LogP contribution in [-0.4, -0.2) is 20.1 Å². The zero-order chi connectivity index (χ0) is 18.6. The highest BCUT2D eigenvalue weighted by Crippen LogP contribution is 2.20. The Morgan fingerprint density at radius 1 is 1.24 bits per heavy atom. The van der Waals surface area contributed by atoms with Crippen LogP contribution in [0.25, 0.3) is 0 Å². The van der Waals surface area contributed by atoms with E-state index in [-0.39, 0.29) is 16.6 Å². The highest BCUT2D eigenvalue weighted by molar-refractivity contribution is 9.10. The van der Waals surface area contributed by atoms with Crippen molar-refractivity contribution in [3.63, 3.8) is 0 Å². The van der Waals surface area contributed by atoms with Gasteiger partial charge in [-0.15, -0.1) is 0 Å². The Hall–Kier alpha value is -1.44. The smallest absolute Gasteiger partial charge is 0.235 e. The molecule has 25 heavy (non-hydrogen) atoms. The maximum absolute atomic E-state index is 13.0. The quantitative estimate of drug-likeness (QED) is 0.725. The minimum Gasteiger partial charge on any atom is -0.349 e.